The summed E-state index contributed by atoms with van der Waals surface area (Å²) in [5.41, 5.74) is 1.82. The van der Waals surface area contributed by atoms with Gasteiger partial charge in [0, 0.05) is 11.1 Å². The van der Waals surface area contributed by atoms with E-state index in [0.717, 1.165) is 11.5 Å². The topological polar surface area (TPSA) is 75.4 Å². The SMILES string of the molecule is Cc1nc(CNC(=O)c2cccc(O)c2C)oc1C. The average Bonchev–Trinajstić information content (AvgIpc) is 2.69. The number of aromatic nitrogens is 1. The number of carbonyl (C=O) groups is 1. The van der Waals surface area contributed by atoms with Gasteiger partial charge in [-0.1, -0.05) is 6.07 Å². The Hall–Kier alpha value is -2.30. The Morgan fingerprint density at radius 1 is 1.37 bits per heavy atom. The van der Waals surface area contributed by atoms with Gasteiger partial charge in [0.2, 0.25) is 5.89 Å². The Balaban J connectivity index is 2.07. The first-order valence-corrected chi connectivity index (χ1v) is 5.98. The molecule has 2 N–H and O–H groups in total. The van der Waals surface area contributed by atoms with Crippen molar-refractivity contribution in [2.75, 3.05) is 0 Å². The van der Waals surface area contributed by atoms with Gasteiger partial charge in [-0.05, 0) is 32.9 Å². The van der Waals surface area contributed by atoms with Crippen molar-refractivity contribution in [2.45, 2.75) is 27.3 Å². The summed E-state index contributed by atoms with van der Waals surface area (Å²) >= 11 is 0. The number of oxazole rings is 1. The number of rotatable bonds is 3. The first-order valence-electron chi connectivity index (χ1n) is 5.98. The number of benzene rings is 1. The van der Waals surface area contributed by atoms with Crippen molar-refractivity contribution in [1.82, 2.24) is 10.3 Å². The van der Waals surface area contributed by atoms with Gasteiger partial charge in [-0.15, -0.1) is 0 Å². The number of aryl methyl sites for hydroxylation is 2. The molecule has 2 aromatic rings. The lowest BCUT2D eigenvalue weighted by Crippen LogP contribution is -2.23. The lowest BCUT2D eigenvalue weighted by Gasteiger charge is -2.07. The molecule has 0 unspecified atom stereocenters. The molecule has 0 saturated heterocycles. The van der Waals surface area contributed by atoms with Crippen LogP contribution in [0.25, 0.3) is 0 Å². The van der Waals surface area contributed by atoms with Gasteiger partial charge in [-0.3, -0.25) is 4.79 Å². The zero-order valence-corrected chi connectivity index (χ0v) is 11.2. The van der Waals surface area contributed by atoms with Gasteiger partial charge in [0.1, 0.15) is 11.5 Å². The van der Waals surface area contributed by atoms with Crippen LogP contribution in [0.1, 0.15) is 33.3 Å². The molecule has 100 valence electrons. The van der Waals surface area contributed by atoms with E-state index in [1.54, 1.807) is 25.1 Å². The molecular weight excluding hydrogens is 244 g/mol. The van der Waals surface area contributed by atoms with Crippen LogP contribution in [-0.2, 0) is 6.54 Å². The van der Waals surface area contributed by atoms with Crippen LogP contribution in [0, 0.1) is 20.8 Å². The number of nitrogens with zero attached hydrogens (tertiary/aromatic N) is 1. The predicted molar refractivity (Wildman–Crippen MR) is 70.0 cm³/mol. The quantitative estimate of drug-likeness (QED) is 0.887. The second-order valence-electron chi connectivity index (χ2n) is 4.38. The lowest BCUT2D eigenvalue weighted by molar-refractivity contribution is 0.0946. The zero-order valence-electron chi connectivity index (χ0n) is 11.2. The standard InChI is InChI=1S/C14H16N2O3/c1-8-11(5-4-6-12(8)17)14(18)15-7-13-16-9(2)10(3)19-13/h4-6,17H,7H2,1-3H3,(H,15,18). The number of phenols is 1. The lowest BCUT2D eigenvalue weighted by atomic mass is 10.1. The van der Waals surface area contributed by atoms with Gasteiger partial charge in [-0.25, -0.2) is 4.98 Å². The van der Waals surface area contributed by atoms with Crippen molar-refractivity contribution in [2.24, 2.45) is 0 Å². The zero-order chi connectivity index (χ0) is 14.0. The summed E-state index contributed by atoms with van der Waals surface area (Å²) in [5, 5.41) is 12.3. The summed E-state index contributed by atoms with van der Waals surface area (Å²) in [7, 11) is 0. The Labute approximate surface area is 111 Å². The number of hydrogen-bond donors (Lipinski definition) is 2. The van der Waals surface area contributed by atoms with Crippen LogP contribution in [0.5, 0.6) is 5.75 Å². The van der Waals surface area contributed by atoms with Gasteiger partial charge in [0.25, 0.3) is 5.91 Å². The molecule has 5 heteroatoms. The van der Waals surface area contributed by atoms with E-state index in [9.17, 15) is 9.90 Å². The van der Waals surface area contributed by atoms with Crippen molar-refractivity contribution in [1.29, 1.82) is 0 Å². The first kappa shape index (κ1) is 13.1. The van der Waals surface area contributed by atoms with E-state index in [4.69, 9.17) is 4.42 Å². The van der Waals surface area contributed by atoms with E-state index < -0.39 is 0 Å². The highest BCUT2D eigenvalue weighted by Gasteiger charge is 2.12. The highest BCUT2D eigenvalue weighted by Crippen LogP contribution is 2.19. The fourth-order valence-electron chi connectivity index (χ4n) is 1.74. The Morgan fingerprint density at radius 3 is 2.74 bits per heavy atom. The molecule has 0 atom stereocenters. The Bertz CT molecular complexity index is 598. The van der Waals surface area contributed by atoms with E-state index in [0.29, 0.717) is 17.0 Å². The molecule has 1 aromatic carbocycles. The molecule has 1 amide bonds. The molecule has 1 aromatic heterocycles. The van der Waals surface area contributed by atoms with Crippen LogP contribution >= 0.6 is 0 Å². The number of phenolic OH excluding ortho intramolecular Hbond substituents is 1. The average molecular weight is 260 g/mol. The fourth-order valence-corrected chi connectivity index (χ4v) is 1.74. The van der Waals surface area contributed by atoms with Crippen molar-refractivity contribution in [3.63, 3.8) is 0 Å². The minimum Gasteiger partial charge on any atom is -0.508 e. The molecule has 0 aliphatic carbocycles. The molecule has 0 aliphatic heterocycles. The number of carbonyl (C=O) groups excluding carboxylic acids is 1. The largest absolute Gasteiger partial charge is 0.508 e. The van der Waals surface area contributed by atoms with E-state index in [2.05, 4.69) is 10.3 Å². The second-order valence-corrected chi connectivity index (χ2v) is 4.38. The molecule has 19 heavy (non-hydrogen) atoms. The molecular formula is C14H16N2O3. The molecule has 0 radical (unpaired) electrons. The summed E-state index contributed by atoms with van der Waals surface area (Å²) in [6.45, 7) is 5.60. The molecule has 2 rings (SSSR count). The summed E-state index contributed by atoms with van der Waals surface area (Å²) in [5.74, 6) is 1.07. The Morgan fingerprint density at radius 2 is 2.11 bits per heavy atom. The van der Waals surface area contributed by atoms with Crippen LogP contribution in [0.3, 0.4) is 0 Å². The number of aromatic hydroxyl groups is 1. The van der Waals surface area contributed by atoms with Crippen molar-refractivity contribution < 1.29 is 14.3 Å². The van der Waals surface area contributed by atoms with E-state index in [1.807, 2.05) is 13.8 Å². The highest BCUT2D eigenvalue weighted by atomic mass is 16.4. The third-order valence-corrected chi connectivity index (χ3v) is 3.02. The van der Waals surface area contributed by atoms with Gasteiger partial charge in [0.05, 0.1) is 12.2 Å². The smallest absolute Gasteiger partial charge is 0.252 e. The maximum absolute atomic E-state index is 12.0. The maximum atomic E-state index is 12.0. The van der Waals surface area contributed by atoms with Crippen LogP contribution in [0.4, 0.5) is 0 Å². The minimum absolute atomic E-state index is 0.107. The third kappa shape index (κ3) is 2.76. The van der Waals surface area contributed by atoms with Crippen molar-refractivity contribution in [3.05, 3.63) is 46.7 Å². The van der Waals surface area contributed by atoms with Crippen LogP contribution < -0.4 is 5.32 Å². The van der Waals surface area contributed by atoms with Gasteiger partial charge >= 0.3 is 0 Å². The third-order valence-electron chi connectivity index (χ3n) is 3.02. The number of nitrogens with one attached hydrogen (secondary N) is 1. The van der Waals surface area contributed by atoms with Gasteiger partial charge < -0.3 is 14.8 Å². The molecule has 0 bridgehead atoms. The van der Waals surface area contributed by atoms with E-state index >= 15 is 0 Å². The summed E-state index contributed by atoms with van der Waals surface area (Å²) in [6.07, 6.45) is 0. The van der Waals surface area contributed by atoms with Crippen molar-refractivity contribution in [3.8, 4) is 5.75 Å². The predicted octanol–water partition coefficient (Wildman–Crippen LogP) is 2.24. The molecule has 5 nitrogen and oxygen atoms in total. The van der Waals surface area contributed by atoms with Crippen LogP contribution in [0.2, 0.25) is 0 Å². The number of hydrogen-bond acceptors (Lipinski definition) is 4. The normalized spacial score (nSPS) is 10.5. The number of amides is 1. The van der Waals surface area contributed by atoms with E-state index in [1.165, 1.54) is 0 Å². The Kier molecular flexibility index (Phi) is 3.55. The molecule has 0 fully saturated rings. The fraction of sp³-hybridized carbons (Fsp3) is 0.286. The van der Waals surface area contributed by atoms with Crippen LogP contribution in [-0.4, -0.2) is 16.0 Å². The second kappa shape index (κ2) is 5.14. The summed E-state index contributed by atoms with van der Waals surface area (Å²) in [6, 6.07) is 4.85. The molecule has 0 saturated carbocycles. The van der Waals surface area contributed by atoms with Gasteiger partial charge in [0.15, 0.2) is 0 Å². The highest BCUT2D eigenvalue weighted by molar-refractivity contribution is 5.96. The van der Waals surface area contributed by atoms with Crippen LogP contribution in [0.15, 0.2) is 22.6 Å². The van der Waals surface area contributed by atoms with Crippen molar-refractivity contribution >= 4 is 5.91 Å². The molecule has 0 spiro atoms. The maximum Gasteiger partial charge on any atom is 0.252 e. The summed E-state index contributed by atoms with van der Waals surface area (Å²) in [4.78, 5) is 16.2. The molecule has 1 heterocycles. The first-order chi connectivity index (χ1) is 8.99. The monoisotopic (exact) mass is 260 g/mol. The minimum atomic E-state index is -0.262. The summed E-state index contributed by atoms with van der Waals surface area (Å²) < 4.78 is 5.38. The van der Waals surface area contributed by atoms with Gasteiger partial charge in [-0.2, -0.15) is 0 Å². The van der Waals surface area contributed by atoms with E-state index in [-0.39, 0.29) is 18.2 Å². The molecule has 0 aliphatic rings.